The molecule has 0 N–H and O–H groups in total. The van der Waals surface area contributed by atoms with Crippen molar-refractivity contribution < 1.29 is 9.59 Å². The minimum atomic E-state index is -0.0574. The topological polar surface area (TPSA) is 58.4 Å². The standard InChI is InChI=1S/C16H22N4O2/c1-18-10-14(6-17-18)20-9-12(4-5-15(20)21)16(22)19-7-13(8-19)11-2-3-11/h6,10-13H,2-5,7-9H2,1H3. The van der Waals surface area contributed by atoms with Crippen molar-refractivity contribution >= 4 is 17.5 Å². The summed E-state index contributed by atoms with van der Waals surface area (Å²) >= 11 is 0. The smallest absolute Gasteiger partial charge is 0.227 e. The van der Waals surface area contributed by atoms with Gasteiger partial charge in [-0.3, -0.25) is 14.3 Å². The normalized spacial score (nSPS) is 26.2. The quantitative estimate of drug-likeness (QED) is 0.838. The van der Waals surface area contributed by atoms with E-state index in [0.717, 1.165) is 30.6 Å². The van der Waals surface area contributed by atoms with Crippen molar-refractivity contribution in [1.82, 2.24) is 14.7 Å². The maximum absolute atomic E-state index is 12.6. The molecular weight excluding hydrogens is 280 g/mol. The zero-order valence-electron chi connectivity index (χ0n) is 12.9. The van der Waals surface area contributed by atoms with Crippen molar-refractivity contribution in [3.05, 3.63) is 12.4 Å². The molecule has 3 aliphatic rings. The summed E-state index contributed by atoms with van der Waals surface area (Å²) in [4.78, 5) is 28.5. The van der Waals surface area contributed by atoms with Gasteiger partial charge in [0.05, 0.1) is 17.8 Å². The van der Waals surface area contributed by atoms with Crippen LogP contribution >= 0.6 is 0 Å². The van der Waals surface area contributed by atoms with Gasteiger partial charge in [-0.1, -0.05) is 0 Å². The van der Waals surface area contributed by atoms with Gasteiger partial charge in [0.2, 0.25) is 11.8 Å². The molecule has 6 nitrogen and oxygen atoms in total. The number of rotatable bonds is 3. The Kier molecular flexibility index (Phi) is 3.20. The number of piperidine rings is 1. The minimum absolute atomic E-state index is 0.0574. The third kappa shape index (κ3) is 2.40. The number of aryl methyl sites for hydroxylation is 1. The molecule has 0 radical (unpaired) electrons. The Labute approximate surface area is 130 Å². The monoisotopic (exact) mass is 302 g/mol. The third-order valence-electron chi connectivity index (χ3n) is 5.27. The number of anilines is 1. The molecule has 1 unspecified atom stereocenters. The first-order valence-electron chi connectivity index (χ1n) is 8.19. The Morgan fingerprint density at radius 1 is 1.18 bits per heavy atom. The lowest BCUT2D eigenvalue weighted by molar-refractivity contribution is -0.143. The van der Waals surface area contributed by atoms with Crippen LogP contribution in [-0.4, -0.2) is 46.1 Å². The van der Waals surface area contributed by atoms with Crippen molar-refractivity contribution in [2.45, 2.75) is 25.7 Å². The summed E-state index contributed by atoms with van der Waals surface area (Å²) in [5, 5.41) is 4.12. The molecule has 0 aromatic carbocycles. The number of hydrogen-bond acceptors (Lipinski definition) is 3. The van der Waals surface area contributed by atoms with Gasteiger partial charge in [0, 0.05) is 39.3 Å². The average Bonchev–Trinajstić information content (AvgIpc) is 3.19. The molecule has 6 heteroatoms. The Hall–Kier alpha value is -1.85. The summed E-state index contributed by atoms with van der Waals surface area (Å²) in [5.41, 5.74) is 0.796. The zero-order valence-corrected chi connectivity index (χ0v) is 12.9. The Balaban J connectivity index is 1.40. The third-order valence-corrected chi connectivity index (χ3v) is 5.27. The van der Waals surface area contributed by atoms with E-state index in [-0.39, 0.29) is 17.7 Å². The highest BCUT2D eigenvalue weighted by molar-refractivity contribution is 5.96. The number of hydrogen-bond donors (Lipinski definition) is 0. The summed E-state index contributed by atoms with van der Waals surface area (Å²) in [6, 6.07) is 0. The average molecular weight is 302 g/mol. The molecule has 0 bridgehead atoms. The van der Waals surface area contributed by atoms with Crippen LogP contribution in [0, 0.1) is 17.8 Å². The van der Waals surface area contributed by atoms with E-state index in [0.29, 0.717) is 19.4 Å². The first-order chi connectivity index (χ1) is 10.6. The molecule has 3 fully saturated rings. The van der Waals surface area contributed by atoms with Crippen LogP contribution in [0.25, 0.3) is 0 Å². The molecule has 0 spiro atoms. The lowest BCUT2D eigenvalue weighted by Crippen LogP contribution is -2.55. The molecule has 1 aliphatic carbocycles. The van der Waals surface area contributed by atoms with Gasteiger partial charge in [0.15, 0.2) is 0 Å². The number of carbonyl (C=O) groups excluding carboxylic acids is 2. The molecule has 3 heterocycles. The fourth-order valence-corrected chi connectivity index (χ4v) is 3.66. The Morgan fingerprint density at radius 3 is 2.59 bits per heavy atom. The van der Waals surface area contributed by atoms with Gasteiger partial charge in [0.25, 0.3) is 0 Å². The molecule has 22 heavy (non-hydrogen) atoms. The summed E-state index contributed by atoms with van der Waals surface area (Å²) in [6.45, 7) is 2.36. The molecule has 1 aromatic rings. The van der Waals surface area contributed by atoms with E-state index in [9.17, 15) is 9.59 Å². The maximum Gasteiger partial charge on any atom is 0.227 e. The number of aromatic nitrogens is 2. The lowest BCUT2D eigenvalue weighted by Gasteiger charge is -2.43. The van der Waals surface area contributed by atoms with E-state index in [1.54, 1.807) is 15.8 Å². The number of nitrogens with zero attached hydrogens (tertiary/aromatic N) is 4. The van der Waals surface area contributed by atoms with Gasteiger partial charge in [0.1, 0.15) is 0 Å². The van der Waals surface area contributed by atoms with Gasteiger partial charge in [-0.25, -0.2) is 0 Å². The summed E-state index contributed by atoms with van der Waals surface area (Å²) in [6.07, 6.45) is 7.35. The van der Waals surface area contributed by atoms with Crippen molar-refractivity contribution in [2.75, 3.05) is 24.5 Å². The largest absolute Gasteiger partial charge is 0.342 e. The van der Waals surface area contributed by atoms with Crippen LogP contribution in [0.3, 0.4) is 0 Å². The van der Waals surface area contributed by atoms with Crippen LogP contribution in [0.5, 0.6) is 0 Å². The summed E-state index contributed by atoms with van der Waals surface area (Å²) in [5.74, 6) is 1.89. The summed E-state index contributed by atoms with van der Waals surface area (Å²) in [7, 11) is 1.83. The van der Waals surface area contributed by atoms with E-state index in [1.807, 2.05) is 18.1 Å². The molecule has 4 rings (SSSR count). The van der Waals surface area contributed by atoms with Crippen LogP contribution in [0.1, 0.15) is 25.7 Å². The van der Waals surface area contributed by atoms with Gasteiger partial charge < -0.3 is 9.80 Å². The molecule has 118 valence electrons. The van der Waals surface area contributed by atoms with Crippen LogP contribution in [0.15, 0.2) is 12.4 Å². The Morgan fingerprint density at radius 2 is 1.95 bits per heavy atom. The van der Waals surface area contributed by atoms with E-state index in [2.05, 4.69) is 5.10 Å². The molecule has 2 amide bonds. The maximum atomic E-state index is 12.6. The highest BCUT2D eigenvalue weighted by atomic mass is 16.2. The minimum Gasteiger partial charge on any atom is -0.342 e. The second-order valence-electron chi connectivity index (χ2n) is 6.95. The van der Waals surface area contributed by atoms with Crippen molar-refractivity contribution in [3.63, 3.8) is 0 Å². The number of likely N-dealkylation sites (tertiary alicyclic amines) is 1. The lowest BCUT2D eigenvalue weighted by atomic mass is 9.90. The molecule has 2 aliphatic heterocycles. The fraction of sp³-hybridized carbons (Fsp3) is 0.688. The first kappa shape index (κ1) is 13.8. The van der Waals surface area contributed by atoms with Gasteiger partial charge in [-0.05, 0) is 31.1 Å². The van der Waals surface area contributed by atoms with E-state index < -0.39 is 0 Å². The van der Waals surface area contributed by atoms with Crippen LogP contribution in [-0.2, 0) is 16.6 Å². The molecule has 2 saturated heterocycles. The van der Waals surface area contributed by atoms with E-state index in [4.69, 9.17) is 0 Å². The van der Waals surface area contributed by atoms with E-state index >= 15 is 0 Å². The van der Waals surface area contributed by atoms with Crippen molar-refractivity contribution in [1.29, 1.82) is 0 Å². The van der Waals surface area contributed by atoms with Crippen molar-refractivity contribution in [2.24, 2.45) is 24.8 Å². The van der Waals surface area contributed by atoms with Crippen LogP contribution in [0.4, 0.5) is 5.69 Å². The number of amides is 2. The zero-order chi connectivity index (χ0) is 15.3. The number of carbonyl (C=O) groups is 2. The molecule has 1 atom stereocenters. The van der Waals surface area contributed by atoms with E-state index in [1.165, 1.54) is 12.8 Å². The van der Waals surface area contributed by atoms with Gasteiger partial charge in [-0.2, -0.15) is 5.10 Å². The molecular formula is C16H22N4O2. The fourth-order valence-electron chi connectivity index (χ4n) is 3.66. The predicted molar refractivity (Wildman–Crippen MR) is 81.1 cm³/mol. The highest BCUT2D eigenvalue weighted by Gasteiger charge is 2.43. The van der Waals surface area contributed by atoms with Gasteiger partial charge >= 0.3 is 0 Å². The molecule has 1 aromatic heterocycles. The first-order valence-corrected chi connectivity index (χ1v) is 8.19. The second-order valence-corrected chi connectivity index (χ2v) is 6.95. The van der Waals surface area contributed by atoms with Gasteiger partial charge in [-0.15, -0.1) is 0 Å². The van der Waals surface area contributed by atoms with Crippen molar-refractivity contribution in [3.8, 4) is 0 Å². The highest BCUT2D eigenvalue weighted by Crippen LogP contribution is 2.42. The molecule has 1 saturated carbocycles. The predicted octanol–water partition coefficient (Wildman–Crippen LogP) is 1.03. The SMILES string of the molecule is Cn1cc(N2CC(C(=O)N3CC(C4CC4)C3)CCC2=O)cn1. The van der Waals surface area contributed by atoms with Crippen LogP contribution < -0.4 is 4.90 Å². The Bertz CT molecular complexity index is 601. The van der Waals surface area contributed by atoms with Crippen LogP contribution in [0.2, 0.25) is 0 Å². The second kappa shape index (κ2) is 5.11. The summed E-state index contributed by atoms with van der Waals surface area (Å²) < 4.78 is 1.68.